The number of aldehydes is 1. The van der Waals surface area contributed by atoms with Gasteiger partial charge in [-0.15, -0.1) is 0 Å². The number of carbonyl (C=O) groups is 1. The second kappa shape index (κ2) is 6.02. The Labute approximate surface area is 91.2 Å². The van der Waals surface area contributed by atoms with Crippen molar-refractivity contribution in [3.05, 3.63) is 41.6 Å². The number of allylic oxidation sites excluding steroid dienone is 1. The van der Waals surface area contributed by atoms with E-state index in [2.05, 4.69) is 0 Å². The average molecular weight is 203 g/mol. The summed E-state index contributed by atoms with van der Waals surface area (Å²) in [7, 11) is 0. The van der Waals surface area contributed by atoms with Crippen LogP contribution in [0.3, 0.4) is 0 Å². The molecule has 0 aliphatic carbocycles. The van der Waals surface area contributed by atoms with Crippen molar-refractivity contribution in [2.24, 2.45) is 0 Å². The Balaban J connectivity index is 2.91. The Morgan fingerprint density at radius 3 is 2.27 bits per heavy atom. The third-order valence-corrected chi connectivity index (χ3v) is 2.36. The van der Waals surface area contributed by atoms with Crippen molar-refractivity contribution in [2.75, 3.05) is 13.1 Å². The second-order valence-corrected chi connectivity index (χ2v) is 3.27. The van der Waals surface area contributed by atoms with Crippen molar-refractivity contribution in [3.63, 3.8) is 0 Å². The number of rotatable bonds is 5. The van der Waals surface area contributed by atoms with Crippen LogP contribution in [0.5, 0.6) is 0 Å². The number of hydrogen-bond donors (Lipinski definition) is 0. The molecule has 1 aromatic carbocycles. The molecule has 0 saturated heterocycles. The van der Waals surface area contributed by atoms with Crippen molar-refractivity contribution in [1.29, 1.82) is 0 Å². The first-order valence-electron chi connectivity index (χ1n) is 5.28. The highest BCUT2D eigenvalue weighted by molar-refractivity contribution is 5.80. The van der Waals surface area contributed by atoms with Crippen LogP contribution in [-0.4, -0.2) is 24.3 Å². The number of nitrogens with zero attached hydrogens (tertiary/aromatic N) is 1. The Kier molecular flexibility index (Phi) is 4.61. The number of likely N-dealkylation sites (N-methyl/N-ethyl adjacent to an activating group) is 1. The van der Waals surface area contributed by atoms with E-state index in [4.69, 9.17) is 0 Å². The zero-order chi connectivity index (χ0) is 11.1. The summed E-state index contributed by atoms with van der Waals surface area (Å²) in [5.74, 6) is 0. The van der Waals surface area contributed by atoms with Gasteiger partial charge >= 0.3 is 0 Å². The fraction of sp³-hybridized carbons (Fsp3) is 0.308. The first-order valence-corrected chi connectivity index (χ1v) is 5.28. The van der Waals surface area contributed by atoms with Crippen LogP contribution in [0.1, 0.15) is 19.4 Å². The Morgan fingerprint density at radius 1 is 1.20 bits per heavy atom. The molecule has 0 aliphatic heterocycles. The van der Waals surface area contributed by atoms with E-state index in [1.807, 2.05) is 55.2 Å². The largest absolute Gasteiger partial charge is 0.369 e. The molecule has 0 bridgehead atoms. The maximum atomic E-state index is 11.0. The summed E-state index contributed by atoms with van der Waals surface area (Å²) < 4.78 is 0. The molecule has 2 heteroatoms. The van der Waals surface area contributed by atoms with E-state index < -0.39 is 0 Å². The van der Waals surface area contributed by atoms with E-state index in [0.29, 0.717) is 0 Å². The van der Waals surface area contributed by atoms with Crippen LogP contribution in [0.4, 0.5) is 0 Å². The van der Waals surface area contributed by atoms with Gasteiger partial charge in [-0.2, -0.15) is 0 Å². The summed E-state index contributed by atoms with van der Waals surface area (Å²) in [5.41, 5.74) is 1.80. The minimum Gasteiger partial charge on any atom is -0.369 e. The van der Waals surface area contributed by atoms with E-state index in [1.54, 1.807) is 0 Å². The monoisotopic (exact) mass is 203 g/mol. The maximum absolute atomic E-state index is 11.0. The quantitative estimate of drug-likeness (QED) is 0.541. The number of hydrogen-bond acceptors (Lipinski definition) is 2. The minimum absolute atomic E-state index is 0.742. The lowest BCUT2D eigenvalue weighted by Crippen LogP contribution is -2.22. The molecule has 0 unspecified atom stereocenters. The summed E-state index contributed by atoms with van der Waals surface area (Å²) in [6.45, 7) is 5.81. The van der Waals surface area contributed by atoms with Crippen molar-refractivity contribution in [3.8, 4) is 0 Å². The Hall–Kier alpha value is -1.57. The zero-order valence-corrected chi connectivity index (χ0v) is 9.31. The van der Waals surface area contributed by atoms with Crippen molar-refractivity contribution in [2.45, 2.75) is 13.8 Å². The van der Waals surface area contributed by atoms with E-state index in [1.165, 1.54) is 0 Å². The van der Waals surface area contributed by atoms with Gasteiger partial charge in [0.05, 0.1) is 5.70 Å². The number of carbonyl (C=O) groups excluding carboxylic acids is 1. The third-order valence-electron chi connectivity index (χ3n) is 2.36. The van der Waals surface area contributed by atoms with Crippen LogP contribution < -0.4 is 0 Å². The van der Waals surface area contributed by atoms with Crippen LogP contribution in [0.25, 0.3) is 6.08 Å². The maximum Gasteiger partial charge on any atom is 0.166 e. The highest BCUT2D eigenvalue weighted by Gasteiger charge is 2.03. The van der Waals surface area contributed by atoms with Crippen LogP contribution in [0.2, 0.25) is 0 Å². The van der Waals surface area contributed by atoms with Gasteiger partial charge in [0.15, 0.2) is 6.29 Å². The molecule has 1 rings (SSSR count). The Morgan fingerprint density at radius 2 is 1.80 bits per heavy atom. The molecule has 80 valence electrons. The van der Waals surface area contributed by atoms with Crippen molar-refractivity contribution in [1.82, 2.24) is 4.90 Å². The third kappa shape index (κ3) is 3.24. The molecule has 1 aromatic rings. The summed E-state index contributed by atoms with van der Waals surface area (Å²) in [5, 5.41) is 0. The average Bonchev–Trinajstić information content (AvgIpc) is 2.30. The lowest BCUT2D eigenvalue weighted by atomic mass is 10.2. The van der Waals surface area contributed by atoms with Gasteiger partial charge in [0.25, 0.3) is 0 Å². The SMILES string of the molecule is CCN(CC)/C(C=O)=C\c1ccccc1. The van der Waals surface area contributed by atoms with E-state index in [-0.39, 0.29) is 0 Å². The predicted octanol–water partition coefficient (Wildman–Crippen LogP) is 2.57. The normalized spacial score (nSPS) is 11.2. The van der Waals surface area contributed by atoms with Gasteiger partial charge in [-0.25, -0.2) is 0 Å². The molecule has 0 spiro atoms. The summed E-state index contributed by atoms with van der Waals surface area (Å²) in [6, 6.07) is 9.89. The molecule has 15 heavy (non-hydrogen) atoms. The van der Waals surface area contributed by atoms with Gasteiger partial charge in [-0.3, -0.25) is 4.79 Å². The van der Waals surface area contributed by atoms with Gasteiger partial charge in [-0.05, 0) is 25.5 Å². The van der Waals surface area contributed by atoms with E-state index in [0.717, 1.165) is 30.6 Å². The lowest BCUT2D eigenvalue weighted by Gasteiger charge is -2.20. The standard InChI is InChI=1S/C13H17NO/c1-3-14(4-2)13(11-15)10-12-8-6-5-7-9-12/h5-11H,3-4H2,1-2H3/b13-10-. The topological polar surface area (TPSA) is 20.3 Å². The minimum atomic E-state index is 0.742. The van der Waals surface area contributed by atoms with Crippen LogP contribution in [0.15, 0.2) is 36.0 Å². The van der Waals surface area contributed by atoms with Crippen LogP contribution in [-0.2, 0) is 4.79 Å². The smallest absolute Gasteiger partial charge is 0.166 e. The predicted molar refractivity (Wildman–Crippen MR) is 63.4 cm³/mol. The Bertz CT molecular complexity index is 326. The van der Waals surface area contributed by atoms with Crippen LogP contribution in [0, 0.1) is 0 Å². The van der Waals surface area contributed by atoms with Gasteiger partial charge < -0.3 is 4.90 Å². The molecule has 0 amide bonds. The van der Waals surface area contributed by atoms with E-state index in [9.17, 15) is 4.79 Å². The fourth-order valence-electron chi connectivity index (χ4n) is 1.51. The van der Waals surface area contributed by atoms with Gasteiger partial charge in [0.2, 0.25) is 0 Å². The molecular weight excluding hydrogens is 186 g/mol. The molecular formula is C13H17NO. The molecule has 0 aromatic heterocycles. The van der Waals surface area contributed by atoms with Gasteiger partial charge in [-0.1, -0.05) is 30.3 Å². The molecule has 0 radical (unpaired) electrons. The fourth-order valence-corrected chi connectivity index (χ4v) is 1.51. The molecule has 0 heterocycles. The molecule has 2 nitrogen and oxygen atoms in total. The van der Waals surface area contributed by atoms with Gasteiger partial charge in [0, 0.05) is 13.1 Å². The van der Waals surface area contributed by atoms with Crippen molar-refractivity contribution < 1.29 is 4.79 Å². The molecule has 0 atom stereocenters. The summed E-state index contributed by atoms with van der Waals surface area (Å²) in [6.07, 6.45) is 2.83. The number of benzene rings is 1. The molecule has 0 N–H and O–H groups in total. The molecule has 0 saturated carbocycles. The highest BCUT2D eigenvalue weighted by Crippen LogP contribution is 2.08. The first-order chi connectivity index (χ1) is 7.31. The first kappa shape index (κ1) is 11.5. The zero-order valence-electron chi connectivity index (χ0n) is 9.31. The molecule has 0 fully saturated rings. The second-order valence-electron chi connectivity index (χ2n) is 3.27. The lowest BCUT2D eigenvalue weighted by molar-refractivity contribution is -0.106. The summed E-state index contributed by atoms with van der Waals surface area (Å²) in [4.78, 5) is 13.0. The molecule has 0 aliphatic rings. The van der Waals surface area contributed by atoms with Gasteiger partial charge in [0.1, 0.15) is 0 Å². The summed E-state index contributed by atoms with van der Waals surface area (Å²) >= 11 is 0. The van der Waals surface area contributed by atoms with E-state index >= 15 is 0 Å². The highest BCUT2D eigenvalue weighted by atomic mass is 16.1. The van der Waals surface area contributed by atoms with Crippen molar-refractivity contribution >= 4 is 12.4 Å². The van der Waals surface area contributed by atoms with Crippen LogP contribution >= 0.6 is 0 Å².